The van der Waals surface area contributed by atoms with E-state index in [2.05, 4.69) is 20.2 Å². The third kappa shape index (κ3) is 6.28. The second-order valence-corrected chi connectivity index (χ2v) is 11.2. The van der Waals surface area contributed by atoms with Crippen LogP contribution in [0, 0.1) is 11.7 Å². The fourth-order valence-electron chi connectivity index (χ4n) is 5.35. The highest BCUT2D eigenvalue weighted by atomic mass is 19.4. The summed E-state index contributed by atoms with van der Waals surface area (Å²) in [5, 5.41) is 2.57. The molecule has 2 N–H and O–H groups in total. The number of nitrogens with zero attached hydrogens (tertiary/aromatic N) is 3. The highest BCUT2D eigenvalue weighted by Gasteiger charge is 2.36. The Labute approximate surface area is 240 Å². The Kier molecular flexibility index (Phi) is 8.27. The first-order valence-corrected chi connectivity index (χ1v) is 13.9. The van der Waals surface area contributed by atoms with Crippen molar-refractivity contribution < 1.29 is 27.1 Å². The lowest BCUT2D eigenvalue weighted by Gasteiger charge is -2.44. The summed E-state index contributed by atoms with van der Waals surface area (Å²) >= 11 is 0. The highest BCUT2D eigenvalue weighted by molar-refractivity contribution is 6.07. The summed E-state index contributed by atoms with van der Waals surface area (Å²) in [7, 11) is 1.99. The van der Waals surface area contributed by atoms with Crippen LogP contribution < -0.4 is 20.5 Å². The minimum absolute atomic E-state index is 0.0895. The predicted octanol–water partition coefficient (Wildman–Crippen LogP) is 5.55. The van der Waals surface area contributed by atoms with E-state index in [-0.39, 0.29) is 23.3 Å². The number of piperazine rings is 1. The molecule has 42 heavy (non-hydrogen) atoms. The van der Waals surface area contributed by atoms with Crippen LogP contribution in [0.2, 0.25) is 0 Å². The number of alkyl halides is 3. The number of pyridine rings is 2. The number of likely N-dealkylation sites (N-methyl/N-ethyl adjacent to an activating group) is 1. The molecule has 224 valence electrons. The van der Waals surface area contributed by atoms with Crippen LogP contribution >= 0.6 is 0 Å². The van der Waals surface area contributed by atoms with Gasteiger partial charge in [0.05, 0.1) is 29.1 Å². The predicted molar refractivity (Wildman–Crippen MR) is 151 cm³/mol. The summed E-state index contributed by atoms with van der Waals surface area (Å²) in [6.07, 6.45) is 0.645. The van der Waals surface area contributed by atoms with Crippen LogP contribution in [0.15, 0.2) is 47.5 Å². The zero-order valence-electron chi connectivity index (χ0n) is 23.6. The molecule has 1 aliphatic heterocycles. The van der Waals surface area contributed by atoms with Crippen molar-refractivity contribution >= 4 is 17.3 Å². The number of hydrogen-bond acceptors (Lipinski definition) is 6. The van der Waals surface area contributed by atoms with E-state index >= 15 is 4.39 Å². The van der Waals surface area contributed by atoms with Crippen LogP contribution in [0.4, 0.5) is 28.9 Å². The summed E-state index contributed by atoms with van der Waals surface area (Å²) in [5.74, 6) is -0.861. The van der Waals surface area contributed by atoms with Crippen molar-refractivity contribution in [3.63, 3.8) is 0 Å². The first-order valence-electron chi connectivity index (χ1n) is 13.9. The summed E-state index contributed by atoms with van der Waals surface area (Å²) in [4.78, 5) is 35.4. The normalized spacial score (nSPS) is 19.8. The number of ether oxygens (including phenoxy) is 1. The molecule has 1 amide bonds. The first-order chi connectivity index (χ1) is 19.9. The van der Waals surface area contributed by atoms with Gasteiger partial charge < -0.3 is 19.9 Å². The minimum Gasteiger partial charge on any atom is -0.477 e. The number of aromatic amines is 1. The lowest BCUT2D eigenvalue weighted by molar-refractivity contribution is -0.138. The number of halogens is 4. The van der Waals surface area contributed by atoms with Gasteiger partial charge in [-0.2, -0.15) is 13.2 Å². The van der Waals surface area contributed by atoms with E-state index in [1.165, 1.54) is 24.8 Å². The van der Waals surface area contributed by atoms with Crippen LogP contribution in [0.3, 0.4) is 0 Å². The van der Waals surface area contributed by atoms with Gasteiger partial charge in [-0.3, -0.25) is 14.5 Å². The molecule has 5 rings (SSSR count). The number of carbonyl (C=O) groups excluding carboxylic acids is 1. The molecule has 1 unspecified atom stereocenters. The number of carbonyl (C=O) groups is 1. The fourth-order valence-corrected chi connectivity index (χ4v) is 5.35. The van der Waals surface area contributed by atoms with E-state index < -0.39 is 34.6 Å². The second kappa shape index (κ2) is 11.7. The molecule has 2 aromatic heterocycles. The average Bonchev–Trinajstić information content (AvgIpc) is 2.91. The lowest BCUT2D eigenvalue weighted by Crippen LogP contribution is -2.55. The summed E-state index contributed by atoms with van der Waals surface area (Å²) in [6, 6.07) is 6.44. The van der Waals surface area contributed by atoms with Gasteiger partial charge in [0.15, 0.2) is 0 Å². The monoisotopic (exact) mass is 587 g/mol. The molecule has 0 bridgehead atoms. The topological polar surface area (TPSA) is 90.6 Å². The van der Waals surface area contributed by atoms with Gasteiger partial charge in [0.25, 0.3) is 5.91 Å². The summed E-state index contributed by atoms with van der Waals surface area (Å²) in [6.45, 7) is 5.56. The van der Waals surface area contributed by atoms with E-state index in [1.54, 1.807) is 12.1 Å². The quantitative estimate of drug-likeness (QED) is 0.352. The molecule has 12 heteroatoms. The van der Waals surface area contributed by atoms with Crippen molar-refractivity contribution in [1.29, 1.82) is 0 Å². The number of rotatable bonds is 7. The summed E-state index contributed by atoms with van der Waals surface area (Å²) in [5.41, 5.74) is -2.08. The number of anilines is 2. The van der Waals surface area contributed by atoms with Gasteiger partial charge in [-0.05, 0) is 63.4 Å². The van der Waals surface area contributed by atoms with Crippen molar-refractivity contribution in [2.75, 3.05) is 37.0 Å². The number of nitrogens with one attached hydrogen (secondary N) is 2. The molecule has 0 radical (unpaired) electrons. The lowest BCUT2D eigenvalue weighted by atomic mass is 9.86. The Bertz CT molecular complexity index is 1510. The van der Waals surface area contributed by atoms with Crippen molar-refractivity contribution in [3.05, 3.63) is 70.0 Å². The van der Waals surface area contributed by atoms with Crippen LogP contribution in [-0.4, -0.2) is 59.6 Å². The van der Waals surface area contributed by atoms with Gasteiger partial charge in [-0.1, -0.05) is 6.42 Å². The zero-order chi connectivity index (χ0) is 30.2. The molecule has 2 atom stereocenters. The smallest absolute Gasteiger partial charge is 0.417 e. The standard InChI is InChI=1S/C30H33F4N5O3/c1-17-14-39(15-18(2)38(17)3)26-12-24(31)21(20-7-8-35-28(9-20)42-16-19-5-4-6-19)10-25(26)37-29(41)22-13-36-27(40)11-23(22)30(32,33)34/h7-13,17-19H,4-6,14-16H2,1-3H3,(H,36,40)(H,37,41)/t17-,18?/m1/s1. The largest absolute Gasteiger partial charge is 0.477 e. The molecule has 0 spiro atoms. The SMILES string of the molecule is CC1CN(c2cc(F)c(-c3ccnc(OCC4CCC4)c3)cc2NC(=O)c2c[nH]c(=O)cc2C(F)(F)F)C[C@@H](C)N1C. The average molecular weight is 588 g/mol. The highest BCUT2D eigenvalue weighted by Crippen LogP contribution is 2.38. The molecule has 2 fully saturated rings. The molecular formula is C30H33F4N5O3. The third-order valence-corrected chi connectivity index (χ3v) is 8.25. The zero-order valence-corrected chi connectivity index (χ0v) is 23.6. The molecule has 1 aliphatic carbocycles. The minimum atomic E-state index is -4.94. The molecule has 2 aliphatic rings. The molecular weight excluding hydrogens is 554 g/mol. The maximum atomic E-state index is 15.8. The van der Waals surface area contributed by atoms with Gasteiger partial charge >= 0.3 is 6.18 Å². The van der Waals surface area contributed by atoms with Crippen LogP contribution in [0.1, 0.15) is 49.0 Å². The molecule has 3 heterocycles. The molecule has 1 saturated carbocycles. The van der Waals surface area contributed by atoms with E-state index in [4.69, 9.17) is 4.74 Å². The third-order valence-electron chi connectivity index (χ3n) is 8.25. The number of hydrogen-bond donors (Lipinski definition) is 2. The van der Waals surface area contributed by atoms with Crippen molar-refractivity contribution in [1.82, 2.24) is 14.9 Å². The van der Waals surface area contributed by atoms with Gasteiger partial charge in [0, 0.05) is 55.3 Å². The summed E-state index contributed by atoms with van der Waals surface area (Å²) < 4.78 is 62.8. The molecule has 8 nitrogen and oxygen atoms in total. The Morgan fingerprint density at radius 3 is 2.50 bits per heavy atom. The van der Waals surface area contributed by atoms with E-state index in [0.717, 1.165) is 19.0 Å². The fraction of sp³-hybridized carbons (Fsp3) is 0.433. The van der Waals surface area contributed by atoms with Crippen molar-refractivity contribution in [2.24, 2.45) is 5.92 Å². The van der Waals surface area contributed by atoms with Crippen LogP contribution in [0.5, 0.6) is 5.88 Å². The van der Waals surface area contributed by atoms with Gasteiger partial charge in [-0.15, -0.1) is 0 Å². The second-order valence-electron chi connectivity index (χ2n) is 11.2. The number of H-pyrrole nitrogens is 1. The Morgan fingerprint density at radius 2 is 1.86 bits per heavy atom. The number of aromatic nitrogens is 2. The van der Waals surface area contributed by atoms with E-state index in [1.807, 2.05) is 25.8 Å². The molecule has 3 aromatic rings. The molecule has 1 saturated heterocycles. The van der Waals surface area contributed by atoms with Crippen molar-refractivity contribution in [2.45, 2.75) is 51.4 Å². The van der Waals surface area contributed by atoms with E-state index in [0.29, 0.717) is 48.8 Å². The van der Waals surface area contributed by atoms with Gasteiger partial charge in [0.1, 0.15) is 5.82 Å². The van der Waals surface area contributed by atoms with Gasteiger partial charge in [0.2, 0.25) is 11.4 Å². The maximum Gasteiger partial charge on any atom is 0.417 e. The molecule has 1 aromatic carbocycles. The van der Waals surface area contributed by atoms with E-state index in [9.17, 15) is 22.8 Å². The number of benzene rings is 1. The number of amides is 1. The Balaban J connectivity index is 1.54. The van der Waals surface area contributed by atoms with Crippen LogP contribution in [0.25, 0.3) is 11.1 Å². The van der Waals surface area contributed by atoms with Crippen molar-refractivity contribution in [3.8, 4) is 17.0 Å². The van der Waals surface area contributed by atoms with Crippen LogP contribution in [-0.2, 0) is 6.18 Å². The van der Waals surface area contributed by atoms with Gasteiger partial charge in [-0.25, -0.2) is 9.37 Å². The Hall–Kier alpha value is -3.93. The first kappa shape index (κ1) is 29.6. The maximum absolute atomic E-state index is 15.8. The Morgan fingerprint density at radius 1 is 1.14 bits per heavy atom.